The molecule has 1 aromatic carbocycles. The number of H-pyrrole nitrogens is 1. The zero-order valence-corrected chi connectivity index (χ0v) is 12.5. The van der Waals surface area contributed by atoms with Crippen molar-refractivity contribution < 1.29 is 0 Å². The second-order valence-electron chi connectivity index (χ2n) is 4.97. The molecule has 4 heteroatoms. The molecule has 0 saturated carbocycles. The minimum Gasteiger partial charge on any atom is -0.329 e. The fourth-order valence-corrected chi connectivity index (χ4v) is 2.81. The van der Waals surface area contributed by atoms with E-state index in [9.17, 15) is 0 Å². The van der Waals surface area contributed by atoms with Gasteiger partial charge in [0, 0.05) is 5.69 Å². The largest absolute Gasteiger partial charge is 0.329 e. The van der Waals surface area contributed by atoms with E-state index in [0.717, 1.165) is 35.4 Å². The topological polar surface area (TPSA) is 33.6 Å². The lowest BCUT2D eigenvalue weighted by Crippen LogP contribution is -2.01. The van der Waals surface area contributed by atoms with Crippen molar-refractivity contribution in [1.82, 2.24) is 14.5 Å². The Morgan fingerprint density at radius 3 is 2.80 bits per heavy atom. The second-order valence-corrected chi connectivity index (χ2v) is 5.35. The van der Waals surface area contributed by atoms with Crippen LogP contribution in [0.3, 0.4) is 0 Å². The van der Waals surface area contributed by atoms with Crippen LogP contribution in [0.5, 0.6) is 0 Å². The fraction of sp³-hybridized carbons (Fsp3) is 0.250. The Labute approximate surface area is 123 Å². The summed E-state index contributed by atoms with van der Waals surface area (Å²) in [6.45, 7) is 4.19. The van der Waals surface area contributed by atoms with Gasteiger partial charge in [-0.25, -0.2) is 4.98 Å². The number of para-hydroxylation sites is 1. The number of rotatable bonds is 3. The number of nitrogens with one attached hydrogen (secondary N) is 1. The molecule has 0 spiro atoms. The van der Waals surface area contributed by atoms with Crippen molar-refractivity contribution in [3.05, 3.63) is 52.4 Å². The van der Waals surface area contributed by atoms with E-state index >= 15 is 0 Å². The van der Waals surface area contributed by atoms with Gasteiger partial charge in [-0.05, 0) is 49.3 Å². The highest BCUT2D eigenvalue weighted by Gasteiger charge is 2.11. The maximum Gasteiger partial charge on any atom is 0.184 e. The number of hydrogen-bond acceptors (Lipinski definition) is 2. The molecular formula is C16H17N3S. The number of benzene rings is 1. The second kappa shape index (κ2) is 5.21. The first-order valence-corrected chi connectivity index (χ1v) is 7.28. The summed E-state index contributed by atoms with van der Waals surface area (Å²) in [7, 11) is 0. The lowest BCUT2D eigenvalue weighted by molar-refractivity contribution is 0.897. The molecule has 2 aromatic heterocycles. The van der Waals surface area contributed by atoms with Gasteiger partial charge in [0.15, 0.2) is 10.4 Å². The number of aromatic nitrogens is 3. The third kappa shape index (κ3) is 2.16. The maximum atomic E-state index is 5.49. The van der Waals surface area contributed by atoms with Gasteiger partial charge in [-0.2, -0.15) is 0 Å². The molecule has 1 N–H and O–H groups in total. The first-order valence-electron chi connectivity index (χ1n) is 6.87. The first kappa shape index (κ1) is 13.1. The van der Waals surface area contributed by atoms with E-state index in [-0.39, 0.29) is 0 Å². The Morgan fingerprint density at radius 2 is 2.00 bits per heavy atom. The Balaban J connectivity index is 2.32. The normalized spacial score (nSPS) is 11.1. The van der Waals surface area contributed by atoms with Crippen LogP contribution in [0.2, 0.25) is 0 Å². The predicted molar refractivity (Wildman–Crippen MR) is 85.0 cm³/mol. The Bertz CT molecular complexity index is 814. The molecule has 0 amide bonds. The molecule has 0 aliphatic carbocycles. The number of aryl methyl sites for hydroxylation is 2. The van der Waals surface area contributed by atoms with E-state index < -0.39 is 0 Å². The average Bonchev–Trinajstić information content (AvgIpc) is 2.75. The monoisotopic (exact) mass is 283 g/mol. The molecule has 3 nitrogen and oxygen atoms in total. The molecule has 0 radical (unpaired) electrons. The first-order chi connectivity index (χ1) is 9.70. The molecule has 0 aliphatic heterocycles. The smallest absolute Gasteiger partial charge is 0.184 e. The molecule has 0 unspecified atom stereocenters. The quantitative estimate of drug-likeness (QED) is 0.725. The number of pyridine rings is 1. The van der Waals surface area contributed by atoms with Gasteiger partial charge >= 0.3 is 0 Å². The molecule has 20 heavy (non-hydrogen) atoms. The zero-order chi connectivity index (χ0) is 14.1. The highest BCUT2D eigenvalue weighted by molar-refractivity contribution is 7.71. The van der Waals surface area contributed by atoms with Crippen LogP contribution in [-0.2, 0) is 6.42 Å². The Kier molecular flexibility index (Phi) is 3.40. The highest BCUT2D eigenvalue weighted by atomic mass is 32.1. The molecule has 0 bridgehead atoms. The number of nitrogens with zero attached hydrogens (tertiary/aromatic N) is 2. The van der Waals surface area contributed by atoms with Crippen molar-refractivity contribution in [2.75, 3.05) is 0 Å². The molecule has 0 saturated heterocycles. The predicted octanol–water partition coefficient (Wildman–Crippen LogP) is 4.34. The van der Waals surface area contributed by atoms with Gasteiger partial charge in [0.05, 0.1) is 11.2 Å². The Morgan fingerprint density at radius 1 is 1.20 bits per heavy atom. The Hall–Kier alpha value is -1.94. The molecule has 0 fully saturated rings. The molecule has 0 atom stereocenters. The van der Waals surface area contributed by atoms with Crippen LogP contribution < -0.4 is 0 Å². The fourth-order valence-electron chi connectivity index (χ4n) is 2.51. The molecule has 102 valence electrons. The summed E-state index contributed by atoms with van der Waals surface area (Å²) in [6.07, 6.45) is 2.15. The third-order valence-electron chi connectivity index (χ3n) is 3.42. The lowest BCUT2D eigenvalue weighted by atomic mass is 10.1. The minimum atomic E-state index is 0.696. The van der Waals surface area contributed by atoms with Crippen molar-refractivity contribution in [3.8, 4) is 5.69 Å². The maximum absolute atomic E-state index is 5.49. The van der Waals surface area contributed by atoms with E-state index in [1.165, 1.54) is 5.56 Å². The number of imidazole rings is 1. The van der Waals surface area contributed by atoms with Crippen LogP contribution >= 0.6 is 12.2 Å². The van der Waals surface area contributed by atoms with Crippen molar-refractivity contribution in [3.63, 3.8) is 0 Å². The summed E-state index contributed by atoms with van der Waals surface area (Å²) in [5.41, 5.74) is 5.30. The van der Waals surface area contributed by atoms with Gasteiger partial charge in [0.1, 0.15) is 0 Å². The molecule has 2 heterocycles. The summed E-state index contributed by atoms with van der Waals surface area (Å²) in [4.78, 5) is 7.88. The van der Waals surface area contributed by atoms with E-state index in [1.807, 2.05) is 29.7 Å². The molecule has 3 aromatic rings. The zero-order valence-electron chi connectivity index (χ0n) is 11.7. The van der Waals surface area contributed by atoms with Crippen LogP contribution in [0.4, 0.5) is 0 Å². The summed E-state index contributed by atoms with van der Waals surface area (Å²) in [5, 5.41) is 0. The van der Waals surface area contributed by atoms with Crippen molar-refractivity contribution >= 4 is 23.4 Å². The molecule has 0 aliphatic rings. The number of fused-ring (bicyclic) bond motifs is 1. The van der Waals surface area contributed by atoms with E-state index in [4.69, 9.17) is 12.2 Å². The van der Waals surface area contributed by atoms with E-state index in [2.05, 4.69) is 35.1 Å². The van der Waals surface area contributed by atoms with Gasteiger partial charge in [-0.3, -0.25) is 4.57 Å². The van der Waals surface area contributed by atoms with Crippen molar-refractivity contribution in [2.24, 2.45) is 0 Å². The summed E-state index contributed by atoms with van der Waals surface area (Å²) in [6, 6.07) is 12.4. The van der Waals surface area contributed by atoms with Gasteiger partial charge in [-0.15, -0.1) is 0 Å². The summed E-state index contributed by atoms with van der Waals surface area (Å²) < 4.78 is 2.74. The standard InChI is InChI=1S/C16H17N3S/c1-3-6-12-7-4-5-8-14(12)19-15-13(18-16(19)20)10-9-11(2)17-15/h4-5,7-10H,3,6H2,1-2H3,(H,18,20). The number of hydrogen-bond donors (Lipinski definition) is 1. The van der Waals surface area contributed by atoms with Gasteiger partial charge in [0.25, 0.3) is 0 Å². The van der Waals surface area contributed by atoms with Gasteiger partial charge in [0.2, 0.25) is 0 Å². The molecule has 3 rings (SSSR count). The van der Waals surface area contributed by atoms with Crippen LogP contribution in [0.1, 0.15) is 24.6 Å². The van der Waals surface area contributed by atoms with Crippen LogP contribution in [0, 0.1) is 11.7 Å². The SMILES string of the molecule is CCCc1ccccc1-n1c(=S)[nH]c2ccc(C)nc21. The van der Waals surface area contributed by atoms with Crippen LogP contribution in [0.25, 0.3) is 16.9 Å². The summed E-state index contributed by atoms with van der Waals surface area (Å²) >= 11 is 5.49. The van der Waals surface area contributed by atoms with Crippen LogP contribution in [0.15, 0.2) is 36.4 Å². The lowest BCUT2D eigenvalue weighted by Gasteiger charge is -2.10. The van der Waals surface area contributed by atoms with E-state index in [0.29, 0.717) is 4.77 Å². The van der Waals surface area contributed by atoms with E-state index in [1.54, 1.807) is 0 Å². The van der Waals surface area contributed by atoms with Crippen molar-refractivity contribution in [2.45, 2.75) is 26.7 Å². The summed E-state index contributed by atoms with van der Waals surface area (Å²) in [5.74, 6) is 0. The average molecular weight is 283 g/mol. The van der Waals surface area contributed by atoms with Gasteiger partial charge in [-0.1, -0.05) is 31.5 Å². The third-order valence-corrected chi connectivity index (χ3v) is 3.71. The van der Waals surface area contributed by atoms with Crippen LogP contribution in [-0.4, -0.2) is 14.5 Å². The van der Waals surface area contributed by atoms with Gasteiger partial charge < -0.3 is 4.98 Å². The highest BCUT2D eigenvalue weighted by Crippen LogP contribution is 2.22. The number of aromatic amines is 1. The van der Waals surface area contributed by atoms with Crippen molar-refractivity contribution in [1.29, 1.82) is 0 Å². The molecular weight excluding hydrogens is 266 g/mol. The minimum absolute atomic E-state index is 0.696.